The molecule has 1 aromatic rings. The quantitative estimate of drug-likeness (QED) is 0.674. The number of hydrogen-bond acceptors (Lipinski definition) is 3. The lowest BCUT2D eigenvalue weighted by atomic mass is 9.97. The van der Waals surface area contributed by atoms with Crippen LogP contribution >= 0.6 is 0 Å². The van der Waals surface area contributed by atoms with Gasteiger partial charge < -0.3 is 20.8 Å². The molecule has 19 heavy (non-hydrogen) atoms. The largest absolute Gasteiger partial charge is 0.507 e. The number of anilines is 1. The van der Waals surface area contributed by atoms with Crippen LogP contribution in [0.3, 0.4) is 0 Å². The van der Waals surface area contributed by atoms with Crippen LogP contribution in [0.5, 0.6) is 5.75 Å². The molecule has 4 N–H and O–H groups in total. The molecule has 6 heteroatoms. The molecular weight excluding hydrogens is 248 g/mol. The van der Waals surface area contributed by atoms with Gasteiger partial charge in [-0.3, -0.25) is 0 Å². The lowest BCUT2D eigenvalue weighted by Gasteiger charge is -2.19. The molecule has 0 bridgehead atoms. The van der Waals surface area contributed by atoms with Gasteiger partial charge in [0.05, 0.1) is 0 Å². The normalized spacial score (nSPS) is 10.9. The minimum Gasteiger partial charge on any atom is -0.507 e. The molecule has 0 saturated carbocycles. The van der Waals surface area contributed by atoms with E-state index in [1.54, 1.807) is 0 Å². The van der Waals surface area contributed by atoms with Gasteiger partial charge in [0.25, 0.3) is 0 Å². The summed E-state index contributed by atoms with van der Waals surface area (Å²) in [6.45, 7) is 6.46. The maximum atomic E-state index is 11.6. The van der Waals surface area contributed by atoms with Crippen LogP contribution in [0.2, 0.25) is 0 Å². The number of carbonyl (C=O) groups is 2. The third-order valence-electron chi connectivity index (χ3n) is 2.27. The summed E-state index contributed by atoms with van der Waals surface area (Å²) in [5.41, 5.74) is 0.0849. The van der Waals surface area contributed by atoms with Crippen LogP contribution in [-0.2, 0) is 0 Å². The third kappa shape index (κ3) is 4.87. The monoisotopic (exact) mass is 266 g/mol. The number of carboxylic acids is 1. The maximum Gasteiger partial charge on any atom is 0.339 e. The molecule has 6 nitrogen and oxygen atoms in total. The first kappa shape index (κ1) is 14.8. The van der Waals surface area contributed by atoms with E-state index in [0.29, 0.717) is 12.2 Å². The molecule has 0 aliphatic heterocycles. The standard InChI is InChI=1S/C13H18N2O4/c1-13(2,3)7-14-12(19)15-8-4-5-9(11(17)18)10(16)6-8/h4-6,16H,7H2,1-3H3,(H,17,18)(H2,14,15,19). The topological polar surface area (TPSA) is 98.7 Å². The van der Waals surface area contributed by atoms with Gasteiger partial charge in [-0.2, -0.15) is 0 Å². The molecule has 0 radical (unpaired) electrons. The van der Waals surface area contributed by atoms with Crippen molar-refractivity contribution in [2.24, 2.45) is 5.41 Å². The SMILES string of the molecule is CC(C)(C)CNC(=O)Nc1ccc(C(=O)O)c(O)c1. The van der Waals surface area contributed by atoms with Crippen molar-refractivity contribution in [2.75, 3.05) is 11.9 Å². The Morgan fingerprint density at radius 1 is 1.26 bits per heavy atom. The molecule has 0 aliphatic rings. The van der Waals surface area contributed by atoms with Gasteiger partial charge in [0, 0.05) is 18.3 Å². The number of aromatic carboxylic acids is 1. The number of carboxylic acid groups (broad SMARTS) is 1. The second kappa shape index (κ2) is 5.60. The van der Waals surface area contributed by atoms with Crippen molar-refractivity contribution in [3.05, 3.63) is 23.8 Å². The van der Waals surface area contributed by atoms with Gasteiger partial charge in [0.2, 0.25) is 0 Å². The number of carbonyl (C=O) groups excluding carboxylic acids is 1. The van der Waals surface area contributed by atoms with E-state index in [-0.39, 0.29) is 16.7 Å². The van der Waals surface area contributed by atoms with E-state index in [9.17, 15) is 14.7 Å². The molecule has 0 aromatic heterocycles. The number of aromatic hydroxyl groups is 1. The highest BCUT2D eigenvalue weighted by Crippen LogP contribution is 2.21. The van der Waals surface area contributed by atoms with Gasteiger partial charge in [-0.1, -0.05) is 20.8 Å². The molecule has 0 aliphatic carbocycles. The second-order valence-electron chi connectivity index (χ2n) is 5.41. The average Bonchev–Trinajstić information content (AvgIpc) is 2.25. The number of benzene rings is 1. The van der Waals surface area contributed by atoms with Crippen LogP contribution in [0.15, 0.2) is 18.2 Å². The lowest BCUT2D eigenvalue weighted by Crippen LogP contribution is -2.35. The number of rotatable bonds is 3. The highest BCUT2D eigenvalue weighted by Gasteiger charge is 2.13. The Bertz CT molecular complexity index is 492. The minimum atomic E-state index is -1.22. The number of nitrogens with one attached hydrogen (secondary N) is 2. The predicted molar refractivity (Wildman–Crippen MR) is 71.5 cm³/mol. The molecule has 0 heterocycles. The molecule has 2 amide bonds. The number of urea groups is 1. The fourth-order valence-corrected chi connectivity index (χ4v) is 1.31. The molecule has 1 rings (SSSR count). The molecule has 104 valence electrons. The summed E-state index contributed by atoms with van der Waals surface area (Å²) in [7, 11) is 0. The Morgan fingerprint density at radius 2 is 1.89 bits per heavy atom. The zero-order valence-electron chi connectivity index (χ0n) is 11.2. The van der Waals surface area contributed by atoms with Crippen molar-refractivity contribution >= 4 is 17.7 Å². The van der Waals surface area contributed by atoms with Crippen LogP contribution in [0.4, 0.5) is 10.5 Å². The number of amides is 2. The van der Waals surface area contributed by atoms with Gasteiger partial charge in [0.15, 0.2) is 0 Å². The van der Waals surface area contributed by atoms with Crippen LogP contribution in [-0.4, -0.2) is 28.8 Å². The lowest BCUT2D eigenvalue weighted by molar-refractivity contribution is 0.0694. The maximum absolute atomic E-state index is 11.6. The van der Waals surface area contributed by atoms with Crippen molar-refractivity contribution in [3.8, 4) is 5.75 Å². The van der Waals surface area contributed by atoms with Gasteiger partial charge in [-0.15, -0.1) is 0 Å². The Kier molecular flexibility index (Phi) is 4.37. The molecule has 0 saturated heterocycles. The van der Waals surface area contributed by atoms with E-state index in [4.69, 9.17) is 5.11 Å². The van der Waals surface area contributed by atoms with Gasteiger partial charge >= 0.3 is 12.0 Å². The summed E-state index contributed by atoms with van der Waals surface area (Å²) >= 11 is 0. The molecule has 0 atom stereocenters. The third-order valence-corrected chi connectivity index (χ3v) is 2.27. The Morgan fingerprint density at radius 3 is 2.37 bits per heavy atom. The van der Waals surface area contributed by atoms with Crippen molar-refractivity contribution < 1.29 is 19.8 Å². The Balaban J connectivity index is 2.65. The van der Waals surface area contributed by atoms with Crippen LogP contribution in [0, 0.1) is 5.41 Å². The fourth-order valence-electron chi connectivity index (χ4n) is 1.31. The molecule has 1 aromatic carbocycles. The fraction of sp³-hybridized carbons (Fsp3) is 0.385. The summed E-state index contributed by atoms with van der Waals surface area (Å²) in [5.74, 6) is -1.61. The van der Waals surface area contributed by atoms with E-state index in [0.717, 1.165) is 0 Å². The van der Waals surface area contributed by atoms with Crippen molar-refractivity contribution in [1.29, 1.82) is 0 Å². The first-order valence-electron chi connectivity index (χ1n) is 5.80. The molecule has 0 unspecified atom stereocenters. The zero-order valence-corrected chi connectivity index (χ0v) is 11.2. The van der Waals surface area contributed by atoms with Gasteiger partial charge in [-0.25, -0.2) is 9.59 Å². The van der Waals surface area contributed by atoms with Crippen LogP contribution in [0.1, 0.15) is 31.1 Å². The first-order chi connectivity index (χ1) is 8.69. The Labute approximate surface area is 111 Å². The highest BCUT2D eigenvalue weighted by molar-refractivity contribution is 5.93. The zero-order chi connectivity index (χ0) is 14.6. The molecule has 0 spiro atoms. The Hall–Kier alpha value is -2.24. The van der Waals surface area contributed by atoms with E-state index >= 15 is 0 Å². The van der Waals surface area contributed by atoms with E-state index in [1.165, 1.54) is 18.2 Å². The number of phenols is 1. The predicted octanol–water partition coefficient (Wildman–Crippen LogP) is 2.26. The second-order valence-corrected chi connectivity index (χ2v) is 5.41. The van der Waals surface area contributed by atoms with Gasteiger partial charge in [0.1, 0.15) is 11.3 Å². The molecule has 0 fully saturated rings. The van der Waals surface area contributed by atoms with Crippen LogP contribution < -0.4 is 10.6 Å². The highest BCUT2D eigenvalue weighted by atomic mass is 16.4. The van der Waals surface area contributed by atoms with E-state index in [1.807, 2.05) is 20.8 Å². The van der Waals surface area contributed by atoms with Gasteiger partial charge in [-0.05, 0) is 17.5 Å². The van der Waals surface area contributed by atoms with E-state index in [2.05, 4.69) is 10.6 Å². The summed E-state index contributed by atoms with van der Waals surface area (Å²) in [6.07, 6.45) is 0. The van der Waals surface area contributed by atoms with Crippen molar-refractivity contribution in [3.63, 3.8) is 0 Å². The summed E-state index contributed by atoms with van der Waals surface area (Å²) in [6, 6.07) is 3.44. The average molecular weight is 266 g/mol. The first-order valence-corrected chi connectivity index (χ1v) is 5.80. The van der Waals surface area contributed by atoms with Crippen molar-refractivity contribution in [1.82, 2.24) is 5.32 Å². The smallest absolute Gasteiger partial charge is 0.339 e. The van der Waals surface area contributed by atoms with Crippen molar-refractivity contribution in [2.45, 2.75) is 20.8 Å². The summed E-state index contributed by atoms with van der Waals surface area (Å²) < 4.78 is 0. The minimum absolute atomic E-state index is 0.0351. The summed E-state index contributed by atoms with van der Waals surface area (Å²) in [5, 5.41) is 23.4. The van der Waals surface area contributed by atoms with E-state index < -0.39 is 12.0 Å². The van der Waals surface area contributed by atoms with Crippen LogP contribution in [0.25, 0.3) is 0 Å². The number of hydrogen-bond donors (Lipinski definition) is 4. The molecular formula is C13H18N2O4. The summed E-state index contributed by atoms with van der Waals surface area (Å²) in [4.78, 5) is 22.3.